The summed E-state index contributed by atoms with van der Waals surface area (Å²) in [6.45, 7) is 0.129. The van der Waals surface area contributed by atoms with Gasteiger partial charge in [-0.05, 0) is 24.4 Å². The van der Waals surface area contributed by atoms with E-state index in [1.807, 2.05) is 0 Å². The molecule has 0 aliphatic rings. The first-order chi connectivity index (χ1) is 12.0. The minimum atomic E-state index is -0.514. The van der Waals surface area contributed by atoms with Crippen LogP contribution in [0.5, 0.6) is 11.5 Å². The predicted octanol–water partition coefficient (Wildman–Crippen LogP) is 1.09. The van der Waals surface area contributed by atoms with Gasteiger partial charge in [0.15, 0.2) is 4.77 Å². The van der Waals surface area contributed by atoms with E-state index in [2.05, 4.69) is 4.98 Å². The van der Waals surface area contributed by atoms with Gasteiger partial charge < -0.3 is 24.5 Å². The molecule has 0 spiro atoms. The first kappa shape index (κ1) is 18.7. The number of aromatic amines is 1. The molecule has 0 amide bonds. The summed E-state index contributed by atoms with van der Waals surface area (Å²) < 4.78 is 17.4. The third-order valence-electron chi connectivity index (χ3n) is 3.46. The molecule has 1 aromatic heterocycles. The van der Waals surface area contributed by atoms with Crippen molar-refractivity contribution in [3.63, 3.8) is 0 Å². The lowest BCUT2D eigenvalue weighted by atomic mass is 10.1. The Morgan fingerprint density at radius 3 is 2.68 bits per heavy atom. The van der Waals surface area contributed by atoms with Crippen molar-refractivity contribution in [1.29, 1.82) is 0 Å². The van der Waals surface area contributed by atoms with Gasteiger partial charge in [0.1, 0.15) is 18.1 Å². The number of hydrogen-bond donors (Lipinski definition) is 2. The van der Waals surface area contributed by atoms with Crippen LogP contribution in [0.15, 0.2) is 29.1 Å². The zero-order valence-electron chi connectivity index (χ0n) is 13.9. The summed E-state index contributed by atoms with van der Waals surface area (Å²) in [5.41, 5.74) is 6.07. The molecular weight excluding hydrogens is 346 g/mol. The number of nitrogens with two attached hydrogens (primary N) is 1. The van der Waals surface area contributed by atoms with Crippen LogP contribution in [0.25, 0.3) is 11.3 Å². The van der Waals surface area contributed by atoms with Gasteiger partial charge in [-0.1, -0.05) is 0 Å². The average molecular weight is 365 g/mol. The molecule has 2 aromatic rings. The molecule has 0 saturated carbocycles. The van der Waals surface area contributed by atoms with E-state index in [9.17, 15) is 9.59 Å². The quantitative estimate of drug-likeness (QED) is 0.558. The van der Waals surface area contributed by atoms with Gasteiger partial charge in [0.2, 0.25) is 0 Å². The summed E-state index contributed by atoms with van der Waals surface area (Å²) >= 11 is 5.24. The molecule has 0 radical (unpaired) electrons. The largest absolute Gasteiger partial charge is 0.497 e. The highest BCUT2D eigenvalue weighted by molar-refractivity contribution is 7.71. The van der Waals surface area contributed by atoms with Crippen LogP contribution in [0, 0.1) is 4.77 Å². The molecule has 8 nitrogen and oxygen atoms in total. The maximum absolute atomic E-state index is 11.9. The maximum Gasteiger partial charge on any atom is 0.319 e. The summed E-state index contributed by atoms with van der Waals surface area (Å²) in [5, 5.41) is 0. The van der Waals surface area contributed by atoms with Crippen molar-refractivity contribution in [2.75, 3.05) is 27.4 Å². The fourth-order valence-corrected chi connectivity index (χ4v) is 2.58. The van der Waals surface area contributed by atoms with E-state index in [0.717, 1.165) is 0 Å². The van der Waals surface area contributed by atoms with Gasteiger partial charge in [-0.3, -0.25) is 14.6 Å². The molecule has 1 aromatic carbocycles. The van der Waals surface area contributed by atoms with Crippen LogP contribution in [-0.4, -0.2) is 42.9 Å². The Balaban J connectivity index is 2.48. The number of carbonyl (C=O) groups excluding carboxylic acids is 1. The van der Waals surface area contributed by atoms with E-state index in [0.29, 0.717) is 22.8 Å². The lowest BCUT2D eigenvalue weighted by Gasteiger charge is -2.16. The summed E-state index contributed by atoms with van der Waals surface area (Å²) in [7, 11) is 3.07. The molecule has 134 valence electrons. The third-order valence-corrected chi connectivity index (χ3v) is 3.79. The maximum atomic E-state index is 11.9. The SMILES string of the molecule is COc1ccc(-c2cc(=O)[nH]c(=S)n2CCOC(=O)CN)c(OC)c1. The number of hydrogen-bond acceptors (Lipinski definition) is 7. The number of methoxy groups -OCH3 is 2. The van der Waals surface area contributed by atoms with E-state index in [1.54, 1.807) is 29.9 Å². The molecule has 2 rings (SSSR count). The summed E-state index contributed by atoms with van der Waals surface area (Å²) in [6.07, 6.45) is 0. The molecule has 25 heavy (non-hydrogen) atoms. The first-order valence-electron chi connectivity index (χ1n) is 7.42. The fourth-order valence-electron chi connectivity index (χ4n) is 2.29. The van der Waals surface area contributed by atoms with Crippen LogP contribution in [-0.2, 0) is 16.1 Å². The van der Waals surface area contributed by atoms with Gasteiger partial charge in [-0.25, -0.2) is 0 Å². The van der Waals surface area contributed by atoms with Gasteiger partial charge in [0, 0.05) is 17.7 Å². The number of aromatic nitrogens is 2. The summed E-state index contributed by atoms with van der Waals surface area (Å²) in [5.74, 6) is 0.624. The number of esters is 1. The fraction of sp³-hybridized carbons (Fsp3) is 0.312. The number of nitrogens with one attached hydrogen (secondary N) is 1. The smallest absolute Gasteiger partial charge is 0.319 e. The minimum Gasteiger partial charge on any atom is -0.497 e. The minimum absolute atomic E-state index is 0.0713. The van der Waals surface area contributed by atoms with Gasteiger partial charge in [0.25, 0.3) is 5.56 Å². The van der Waals surface area contributed by atoms with Crippen molar-refractivity contribution in [3.05, 3.63) is 39.4 Å². The van der Waals surface area contributed by atoms with Gasteiger partial charge in [-0.2, -0.15) is 0 Å². The van der Waals surface area contributed by atoms with Gasteiger partial charge in [0.05, 0.1) is 33.0 Å². The van der Waals surface area contributed by atoms with E-state index in [4.69, 9.17) is 32.2 Å². The molecule has 9 heteroatoms. The Bertz CT molecular complexity index is 875. The molecule has 3 N–H and O–H groups in total. The number of ether oxygens (including phenoxy) is 3. The van der Waals surface area contributed by atoms with Gasteiger partial charge in [-0.15, -0.1) is 0 Å². The average Bonchev–Trinajstić information content (AvgIpc) is 2.62. The van der Waals surface area contributed by atoms with Crippen molar-refractivity contribution in [3.8, 4) is 22.8 Å². The second-order valence-corrected chi connectivity index (χ2v) is 5.35. The van der Waals surface area contributed by atoms with Crippen LogP contribution in [0.1, 0.15) is 0 Å². The van der Waals surface area contributed by atoms with Crippen molar-refractivity contribution in [2.45, 2.75) is 6.54 Å². The molecule has 1 heterocycles. The summed E-state index contributed by atoms with van der Waals surface area (Å²) in [4.78, 5) is 25.6. The van der Waals surface area contributed by atoms with Crippen LogP contribution in [0.4, 0.5) is 0 Å². The Kier molecular flexibility index (Phi) is 6.31. The third kappa shape index (κ3) is 4.46. The van der Waals surface area contributed by atoms with Crippen LogP contribution in [0.3, 0.4) is 0 Å². The Morgan fingerprint density at radius 1 is 1.28 bits per heavy atom. The van der Waals surface area contributed by atoms with E-state index in [1.165, 1.54) is 13.2 Å². The van der Waals surface area contributed by atoms with Crippen molar-refractivity contribution >= 4 is 18.2 Å². The standard InChI is InChI=1S/C16H19N3O5S/c1-22-10-3-4-11(13(7-10)23-2)12-8-14(20)18-16(25)19(12)5-6-24-15(21)9-17/h3-4,7-8H,5-6,9,17H2,1-2H3,(H,18,20,25). The lowest BCUT2D eigenvalue weighted by molar-refractivity contribution is -0.142. The molecule has 0 unspecified atom stereocenters. The van der Waals surface area contributed by atoms with Gasteiger partial charge >= 0.3 is 5.97 Å². The highest BCUT2D eigenvalue weighted by atomic mass is 32.1. The number of carbonyl (C=O) groups is 1. The molecule has 0 saturated heterocycles. The molecule has 0 aliphatic heterocycles. The van der Waals surface area contributed by atoms with Crippen molar-refractivity contribution in [2.24, 2.45) is 5.73 Å². The Morgan fingerprint density at radius 2 is 2.04 bits per heavy atom. The molecule has 0 aliphatic carbocycles. The Hall–Kier alpha value is -2.65. The molecule has 0 fully saturated rings. The normalized spacial score (nSPS) is 10.4. The predicted molar refractivity (Wildman–Crippen MR) is 94.4 cm³/mol. The zero-order valence-corrected chi connectivity index (χ0v) is 14.7. The van der Waals surface area contributed by atoms with E-state index in [-0.39, 0.29) is 30.0 Å². The zero-order chi connectivity index (χ0) is 18.4. The molecule has 0 bridgehead atoms. The Labute approximate surface area is 149 Å². The highest BCUT2D eigenvalue weighted by Crippen LogP contribution is 2.32. The first-order valence-corrected chi connectivity index (χ1v) is 7.83. The molecular formula is C16H19N3O5S. The number of nitrogens with zero attached hydrogens (tertiary/aromatic N) is 1. The van der Waals surface area contributed by atoms with E-state index >= 15 is 0 Å². The number of rotatable bonds is 7. The van der Waals surface area contributed by atoms with Crippen LogP contribution >= 0.6 is 12.2 Å². The lowest BCUT2D eigenvalue weighted by Crippen LogP contribution is -2.21. The van der Waals surface area contributed by atoms with Crippen molar-refractivity contribution < 1.29 is 19.0 Å². The van der Waals surface area contributed by atoms with Crippen LogP contribution < -0.4 is 20.8 Å². The van der Waals surface area contributed by atoms with Crippen molar-refractivity contribution in [1.82, 2.24) is 9.55 Å². The second kappa shape index (κ2) is 8.45. The monoisotopic (exact) mass is 365 g/mol. The number of H-pyrrole nitrogens is 1. The molecule has 0 atom stereocenters. The number of benzene rings is 1. The van der Waals surface area contributed by atoms with E-state index < -0.39 is 5.97 Å². The topological polar surface area (TPSA) is 109 Å². The second-order valence-electron chi connectivity index (χ2n) is 4.97. The van der Waals surface area contributed by atoms with Crippen LogP contribution in [0.2, 0.25) is 0 Å². The summed E-state index contributed by atoms with van der Waals surface area (Å²) in [6, 6.07) is 6.63. The highest BCUT2D eigenvalue weighted by Gasteiger charge is 2.13.